The van der Waals surface area contributed by atoms with Gasteiger partial charge in [0.25, 0.3) is 5.91 Å². The second kappa shape index (κ2) is 11.9. The highest BCUT2D eigenvalue weighted by Gasteiger charge is 2.35. The number of rotatable bonds is 9. The lowest BCUT2D eigenvalue weighted by Crippen LogP contribution is -2.48. The van der Waals surface area contributed by atoms with Crippen LogP contribution in [0.25, 0.3) is 0 Å². The van der Waals surface area contributed by atoms with Gasteiger partial charge in [0.15, 0.2) is 6.61 Å². The van der Waals surface area contributed by atoms with Crippen LogP contribution in [-0.4, -0.2) is 81.0 Å². The summed E-state index contributed by atoms with van der Waals surface area (Å²) < 4.78 is 22.9. The number of morpholine rings is 1. The maximum Gasteiger partial charge on any atom is 0.260 e. The molecule has 2 aliphatic rings. The van der Waals surface area contributed by atoms with E-state index in [1.165, 1.54) is 5.56 Å². The number of hydrogen-bond acceptors (Lipinski definition) is 6. The van der Waals surface area contributed by atoms with Crippen molar-refractivity contribution in [2.24, 2.45) is 0 Å². The Morgan fingerprint density at radius 2 is 1.74 bits per heavy atom. The van der Waals surface area contributed by atoms with Crippen LogP contribution in [0.2, 0.25) is 5.02 Å². The molecule has 2 heterocycles. The minimum Gasteiger partial charge on any atom is -0.491 e. The Bertz CT molecular complexity index is 925. The lowest BCUT2D eigenvalue weighted by Gasteiger charge is -2.40. The first-order valence-corrected chi connectivity index (χ1v) is 12.2. The number of carbonyl (C=O) groups excluding carboxylic acids is 1. The van der Waals surface area contributed by atoms with E-state index in [9.17, 15) is 4.79 Å². The number of carbonyl (C=O) groups is 1. The summed E-state index contributed by atoms with van der Waals surface area (Å²) in [5, 5.41) is 0.666. The summed E-state index contributed by atoms with van der Waals surface area (Å²) in [5.41, 5.74) is 0.927. The minimum absolute atomic E-state index is 0.00154. The van der Waals surface area contributed by atoms with Crippen LogP contribution in [0.5, 0.6) is 11.5 Å². The number of halogens is 1. The van der Waals surface area contributed by atoms with E-state index in [4.69, 9.17) is 30.5 Å². The SMILES string of the molecule is COC1(COc2cccc(Cl)c2)CCN(Cc2ccc(OCC(=O)N3CCOCC3)cc2)CC1. The molecule has 2 aromatic carbocycles. The molecule has 0 N–H and O–H groups in total. The Balaban J connectivity index is 1.21. The zero-order chi connectivity index (χ0) is 23.8. The molecular weight excluding hydrogens is 456 g/mol. The molecule has 0 spiro atoms. The Morgan fingerprint density at radius 3 is 2.41 bits per heavy atom. The summed E-state index contributed by atoms with van der Waals surface area (Å²) in [5.74, 6) is 1.47. The lowest BCUT2D eigenvalue weighted by molar-refractivity contribution is -0.137. The third-order valence-electron chi connectivity index (χ3n) is 6.55. The van der Waals surface area contributed by atoms with Crippen LogP contribution >= 0.6 is 11.6 Å². The Morgan fingerprint density at radius 1 is 1.00 bits per heavy atom. The number of nitrogens with zero attached hydrogens (tertiary/aromatic N) is 2. The quantitative estimate of drug-likeness (QED) is 0.537. The molecule has 2 fully saturated rings. The number of amides is 1. The monoisotopic (exact) mass is 488 g/mol. The molecule has 2 saturated heterocycles. The molecule has 1 amide bonds. The number of likely N-dealkylation sites (tertiary alicyclic amines) is 1. The molecule has 0 aliphatic carbocycles. The third-order valence-corrected chi connectivity index (χ3v) is 6.79. The van der Waals surface area contributed by atoms with E-state index in [0.717, 1.165) is 38.2 Å². The van der Waals surface area contributed by atoms with Gasteiger partial charge < -0.3 is 23.8 Å². The summed E-state index contributed by atoms with van der Waals surface area (Å²) in [6, 6.07) is 15.5. The van der Waals surface area contributed by atoms with Crippen LogP contribution < -0.4 is 9.47 Å². The van der Waals surface area contributed by atoms with Crippen molar-refractivity contribution in [1.29, 1.82) is 0 Å². The molecule has 0 saturated carbocycles. The van der Waals surface area contributed by atoms with E-state index >= 15 is 0 Å². The fourth-order valence-corrected chi connectivity index (χ4v) is 4.48. The average Bonchev–Trinajstić information content (AvgIpc) is 2.88. The van der Waals surface area contributed by atoms with Crippen molar-refractivity contribution < 1.29 is 23.7 Å². The second-order valence-corrected chi connectivity index (χ2v) is 9.27. The Hall–Kier alpha value is -2.32. The number of hydrogen-bond donors (Lipinski definition) is 0. The van der Waals surface area contributed by atoms with Gasteiger partial charge in [-0.2, -0.15) is 0 Å². The van der Waals surface area contributed by atoms with Gasteiger partial charge in [0.2, 0.25) is 0 Å². The molecule has 0 unspecified atom stereocenters. The lowest BCUT2D eigenvalue weighted by atomic mass is 9.91. The van der Waals surface area contributed by atoms with Gasteiger partial charge in [0, 0.05) is 44.9 Å². The van der Waals surface area contributed by atoms with E-state index in [2.05, 4.69) is 17.0 Å². The van der Waals surface area contributed by atoms with Crippen molar-refractivity contribution >= 4 is 17.5 Å². The fourth-order valence-electron chi connectivity index (χ4n) is 4.30. The molecule has 4 rings (SSSR count). The average molecular weight is 489 g/mol. The Labute approximate surface area is 206 Å². The summed E-state index contributed by atoms with van der Waals surface area (Å²) in [6.45, 7) is 5.74. The summed E-state index contributed by atoms with van der Waals surface area (Å²) >= 11 is 6.06. The van der Waals surface area contributed by atoms with E-state index in [1.54, 1.807) is 12.0 Å². The molecule has 8 heteroatoms. The standard InChI is InChI=1S/C26H33ClN2O5/c1-31-26(20-34-24-4-2-3-22(27)17-24)9-11-28(12-10-26)18-21-5-7-23(8-6-21)33-19-25(30)29-13-15-32-16-14-29/h2-8,17H,9-16,18-20H2,1H3. The van der Waals surface area contributed by atoms with Crippen molar-refractivity contribution in [1.82, 2.24) is 9.80 Å². The van der Waals surface area contributed by atoms with Crippen LogP contribution in [-0.2, 0) is 20.8 Å². The molecule has 2 aliphatic heterocycles. The first-order chi connectivity index (χ1) is 16.5. The number of methoxy groups -OCH3 is 1. The molecular formula is C26H33ClN2O5. The van der Waals surface area contributed by atoms with Gasteiger partial charge in [-0.3, -0.25) is 9.69 Å². The Kier molecular flexibility index (Phi) is 8.67. The second-order valence-electron chi connectivity index (χ2n) is 8.84. The number of benzene rings is 2. The number of piperidine rings is 1. The number of ether oxygens (including phenoxy) is 4. The first-order valence-electron chi connectivity index (χ1n) is 11.8. The van der Waals surface area contributed by atoms with Gasteiger partial charge in [-0.15, -0.1) is 0 Å². The predicted molar refractivity (Wildman–Crippen MR) is 131 cm³/mol. The highest BCUT2D eigenvalue weighted by atomic mass is 35.5. The van der Waals surface area contributed by atoms with E-state index < -0.39 is 0 Å². The van der Waals surface area contributed by atoms with E-state index in [1.807, 2.05) is 36.4 Å². The van der Waals surface area contributed by atoms with Crippen LogP contribution in [0.4, 0.5) is 0 Å². The van der Waals surface area contributed by atoms with Gasteiger partial charge in [0.1, 0.15) is 23.7 Å². The fraction of sp³-hybridized carbons (Fsp3) is 0.500. The van der Waals surface area contributed by atoms with Crippen molar-refractivity contribution in [2.45, 2.75) is 25.0 Å². The van der Waals surface area contributed by atoms with Gasteiger partial charge >= 0.3 is 0 Å². The van der Waals surface area contributed by atoms with Gasteiger partial charge in [-0.25, -0.2) is 0 Å². The topological polar surface area (TPSA) is 60.5 Å². The van der Waals surface area contributed by atoms with Crippen molar-refractivity contribution in [3.63, 3.8) is 0 Å². The van der Waals surface area contributed by atoms with Gasteiger partial charge in [0.05, 0.1) is 13.2 Å². The highest BCUT2D eigenvalue weighted by Crippen LogP contribution is 2.29. The minimum atomic E-state index is -0.288. The van der Waals surface area contributed by atoms with Crippen molar-refractivity contribution in [2.75, 3.05) is 59.7 Å². The first kappa shape index (κ1) is 24.8. The van der Waals surface area contributed by atoms with Crippen molar-refractivity contribution in [3.8, 4) is 11.5 Å². The third kappa shape index (κ3) is 6.85. The van der Waals surface area contributed by atoms with Crippen LogP contribution in [0.1, 0.15) is 18.4 Å². The maximum absolute atomic E-state index is 12.2. The van der Waals surface area contributed by atoms with Crippen LogP contribution in [0.15, 0.2) is 48.5 Å². The maximum atomic E-state index is 12.2. The molecule has 0 aromatic heterocycles. The smallest absolute Gasteiger partial charge is 0.260 e. The summed E-state index contributed by atoms with van der Waals surface area (Å²) in [7, 11) is 1.76. The van der Waals surface area contributed by atoms with Gasteiger partial charge in [-0.05, 0) is 48.7 Å². The molecule has 34 heavy (non-hydrogen) atoms. The largest absolute Gasteiger partial charge is 0.491 e. The summed E-state index contributed by atoms with van der Waals surface area (Å²) in [6.07, 6.45) is 1.80. The van der Waals surface area contributed by atoms with Crippen molar-refractivity contribution in [3.05, 3.63) is 59.1 Å². The van der Waals surface area contributed by atoms with Crippen LogP contribution in [0, 0.1) is 0 Å². The van der Waals surface area contributed by atoms with E-state index in [-0.39, 0.29) is 18.1 Å². The zero-order valence-corrected chi connectivity index (χ0v) is 20.5. The summed E-state index contributed by atoms with van der Waals surface area (Å²) in [4.78, 5) is 16.4. The van der Waals surface area contributed by atoms with Crippen LogP contribution in [0.3, 0.4) is 0 Å². The van der Waals surface area contributed by atoms with Gasteiger partial charge in [-0.1, -0.05) is 29.8 Å². The van der Waals surface area contributed by atoms with E-state index in [0.29, 0.717) is 43.7 Å². The normalized spacial score (nSPS) is 18.5. The molecule has 184 valence electrons. The predicted octanol–water partition coefficient (Wildman–Crippen LogP) is 3.64. The molecule has 0 bridgehead atoms. The highest BCUT2D eigenvalue weighted by molar-refractivity contribution is 6.30. The molecule has 7 nitrogen and oxygen atoms in total. The molecule has 0 radical (unpaired) electrons. The zero-order valence-electron chi connectivity index (χ0n) is 19.7. The molecule has 0 atom stereocenters. The molecule has 2 aromatic rings.